The number of rotatable bonds is 7. The number of nitrogens with zero attached hydrogens (tertiary/aromatic N) is 2. The van der Waals surface area contributed by atoms with Crippen LogP contribution >= 0.6 is 0 Å². The smallest absolute Gasteiger partial charge is 0.327 e. The first-order valence-corrected chi connectivity index (χ1v) is 12.2. The molecule has 2 fully saturated rings. The fourth-order valence-electron chi connectivity index (χ4n) is 5.10. The molecule has 0 saturated carbocycles. The van der Waals surface area contributed by atoms with Gasteiger partial charge in [-0.1, -0.05) is 60.7 Å². The van der Waals surface area contributed by atoms with Gasteiger partial charge in [0.05, 0.1) is 0 Å². The fraction of sp³-hybridized carbons (Fsp3) is 0.444. The molecule has 2 aliphatic heterocycles. The summed E-state index contributed by atoms with van der Waals surface area (Å²) in [6.45, 7) is 2.42. The number of urea groups is 1. The van der Waals surface area contributed by atoms with Crippen molar-refractivity contribution in [3.8, 4) is 0 Å². The summed E-state index contributed by atoms with van der Waals surface area (Å²) in [7, 11) is 0. The summed E-state index contributed by atoms with van der Waals surface area (Å²) in [6, 6.07) is 18.4. The van der Waals surface area contributed by atoms with E-state index in [1.54, 1.807) is 0 Å². The van der Waals surface area contributed by atoms with Gasteiger partial charge in [-0.05, 0) is 55.8 Å². The molecule has 2 saturated heterocycles. The van der Waals surface area contributed by atoms with E-state index >= 15 is 0 Å². The second kappa shape index (κ2) is 11.3. The maximum Gasteiger partial charge on any atom is 0.327 e. The normalized spacial score (nSPS) is 18.7. The highest BCUT2D eigenvalue weighted by atomic mass is 16.4. The number of hydrogen-bond donors (Lipinski definition) is 2. The second-order valence-corrected chi connectivity index (χ2v) is 9.25. The van der Waals surface area contributed by atoms with Gasteiger partial charge >= 0.3 is 12.0 Å². The summed E-state index contributed by atoms with van der Waals surface area (Å²) in [4.78, 5) is 41.8. The van der Waals surface area contributed by atoms with Crippen LogP contribution in [-0.4, -0.2) is 65.0 Å². The lowest BCUT2D eigenvalue weighted by atomic mass is 9.88. The number of carboxylic acids is 1. The minimum atomic E-state index is -1.01. The van der Waals surface area contributed by atoms with E-state index in [1.165, 1.54) is 9.80 Å². The Morgan fingerprint density at radius 2 is 1.53 bits per heavy atom. The first-order valence-electron chi connectivity index (χ1n) is 12.2. The summed E-state index contributed by atoms with van der Waals surface area (Å²) in [6.07, 6.45) is 2.98. The van der Waals surface area contributed by atoms with Crippen LogP contribution in [0, 0.1) is 5.92 Å². The van der Waals surface area contributed by atoms with Crippen molar-refractivity contribution in [2.75, 3.05) is 26.2 Å². The molecular weight excluding hydrogens is 430 g/mol. The van der Waals surface area contributed by atoms with Gasteiger partial charge in [0, 0.05) is 25.4 Å². The van der Waals surface area contributed by atoms with Crippen LogP contribution in [0.3, 0.4) is 0 Å². The average Bonchev–Trinajstić information content (AvgIpc) is 3.37. The molecule has 0 aromatic heterocycles. The number of carbonyl (C=O) groups is 3. The van der Waals surface area contributed by atoms with Crippen molar-refractivity contribution in [3.63, 3.8) is 0 Å². The lowest BCUT2D eigenvalue weighted by molar-refractivity contribution is -0.142. The lowest BCUT2D eigenvalue weighted by Crippen LogP contribution is -2.52. The van der Waals surface area contributed by atoms with Gasteiger partial charge in [0.2, 0.25) is 5.91 Å². The molecule has 2 heterocycles. The van der Waals surface area contributed by atoms with E-state index in [9.17, 15) is 19.5 Å². The number of piperidine rings is 1. The molecule has 0 aliphatic carbocycles. The molecule has 7 nitrogen and oxygen atoms in total. The minimum Gasteiger partial charge on any atom is -0.480 e. The van der Waals surface area contributed by atoms with Crippen molar-refractivity contribution in [1.82, 2.24) is 15.1 Å². The van der Waals surface area contributed by atoms with E-state index in [1.807, 2.05) is 60.7 Å². The van der Waals surface area contributed by atoms with Crippen LogP contribution < -0.4 is 5.32 Å². The summed E-state index contributed by atoms with van der Waals surface area (Å²) in [5, 5.41) is 12.9. The number of carboxylic acid groups (broad SMARTS) is 1. The largest absolute Gasteiger partial charge is 0.480 e. The van der Waals surface area contributed by atoms with E-state index in [0.29, 0.717) is 25.9 Å². The molecule has 2 N–H and O–H groups in total. The Bertz CT molecular complexity index is 936. The molecule has 2 aliphatic rings. The highest BCUT2D eigenvalue weighted by molar-refractivity contribution is 5.96. The van der Waals surface area contributed by atoms with Gasteiger partial charge in [-0.25, -0.2) is 9.59 Å². The average molecular weight is 464 g/mol. The number of carbonyl (C=O) groups excluding carboxylic acids is 2. The van der Waals surface area contributed by atoms with E-state index in [2.05, 4.69) is 5.32 Å². The van der Waals surface area contributed by atoms with E-state index in [-0.39, 0.29) is 24.2 Å². The van der Waals surface area contributed by atoms with Crippen LogP contribution in [0.1, 0.15) is 49.1 Å². The standard InChI is InChI=1S/C27H33N3O4/c31-25(18-23(21-8-3-1-4-9-21)22-10-5-2-6-11-22)30(19-20-13-15-28-16-14-20)27(34)29-17-7-12-24(29)26(32)33/h1-6,8-11,20,23-24,28H,7,12-19H2,(H,32,33)/t24-/m0/s1. The lowest BCUT2D eigenvalue weighted by Gasteiger charge is -2.33. The molecule has 34 heavy (non-hydrogen) atoms. The topological polar surface area (TPSA) is 89.9 Å². The van der Waals surface area contributed by atoms with Gasteiger partial charge < -0.3 is 15.3 Å². The van der Waals surface area contributed by atoms with Crippen molar-refractivity contribution in [3.05, 3.63) is 71.8 Å². The Balaban J connectivity index is 1.60. The second-order valence-electron chi connectivity index (χ2n) is 9.25. The van der Waals surface area contributed by atoms with Crippen molar-refractivity contribution in [2.24, 2.45) is 5.92 Å². The molecule has 7 heteroatoms. The summed E-state index contributed by atoms with van der Waals surface area (Å²) in [5.41, 5.74) is 2.03. The number of hydrogen-bond acceptors (Lipinski definition) is 4. The number of imide groups is 1. The maximum atomic E-state index is 13.8. The molecule has 0 radical (unpaired) electrons. The molecule has 180 valence electrons. The molecule has 0 bridgehead atoms. The predicted octanol–water partition coefficient (Wildman–Crippen LogP) is 3.71. The van der Waals surface area contributed by atoms with E-state index < -0.39 is 18.0 Å². The number of benzene rings is 2. The third-order valence-electron chi connectivity index (χ3n) is 7.00. The third-order valence-corrected chi connectivity index (χ3v) is 7.00. The number of nitrogens with one attached hydrogen (secondary N) is 1. The van der Waals surface area contributed by atoms with E-state index in [0.717, 1.165) is 37.1 Å². The van der Waals surface area contributed by atoms with Gasteiger partial charge in [-0.2, -0.15) is 0 Å². The molecule has 3 amide bonds. The van der Waals surface area contributed by atoms with Gasteiger partial charge in [-0.15, -0.1) is 0 Å². The monoisotopic (exact) mass is 463 g/mol. The third kappa shape index (κ3) is 5.65. The Morgan fingerprint density at radius 3 is 2.09 bits per heavy atom. The number of likely N-dealkylation sites (tertiary alicyclic amines) is 1. The zero-order valence-electron chi connectivity index (χ0n) is 19.4. The van der Waals surface area contributed by atoms with Crippen molar-refractivity contribution in [1.29, 1.82) is 0 Å². The first kappa shape index (κ1) is 24.0. The first-order chi connectivity index (χ1) is 16.5. The minimum absolute atomic E-state index is 0.149. The van der Waals surface area contributed by atoms with Crippen molar-refractivity contribution < 1.29 is 19.5 Å². The Labute approximate surface area is 200 Å². The summed E-state index contributed by atoms with van der Waals surface area (Å²) >= 11 is 0. The SMILES string of the molecule is O=C(O)[C@@H]1CCCN1C(=O)N(CC1CCNCC1)C(=O)CC(c1ccccc1)c1ccccc1. The van der Waals surface area contributed by atoms with Crippen LogP contribution in [0.5, 0.6) is 0 Å². The molecule has 0 unspecified atom stereocenters. The molecule has 1 atom stereocenters. The zero-order valence-corrected chi connectivity index (χ0v) is 19.4. The maximum absolute atomic E-state index is 13.8. The Morgan fingerprint density at radius 1 is 0.941 bits per heavy atom. The van der Waals surface area contributed by atoms with Crippen LogP contribution in [0.4, 0.5) is 4.79 Å². The Kier molecular flexibility index (Phi) is 7.95. The van der Waals surface area contributed by atoms with Gasteiger partial charge in [0.1, 0.15) is 6.04 Å². The van der Waals surface area contributed by atoms with Gasteiger partial charge in [0.15, 0.2) is 0 Å². The van der Waals surface area contributed by atoms with Gasteiger partial charge in [0.25, 0.3) is 0 Å². The van der Waals surface area contributed by atoms with Crippen LogP contribution in [0.2, 0.25) is 0 Å². The van der Waals surface area contributed by atoms with Gasteiger partial charge in [-0.3, -0.25) is 9.69 Å². The Hall–Kier alpha value is -3.19. The number of aliphatic carboxylic acids is 1. The zero-order chi connectivity index (χ0) is 23.9. The van der Waals surface area contributed by atoms with Crippen molar-refractivity contribution >= 4 is 17.9 Å². The van der Waals surface area contributed by atoms with Crippen LogP contribution in [0.15, 0.2) is 60.7 Å². The molecule has 0 spiro atoms. The van der Waals surface area contributed by atoms with Crippen LogP contribution in [-0.2, 0) is 9.59 Å². The molecule has 2 aromatic rings. The fourth-order valence-corrected chi connectivity index (χ4v) is 5.10. The summed E-state index contributed by atoms with van der Waals surface area (Å²) in [5.74, 6) is -1.23. The summed E-state index contributed by atoms with van der Waals surface area (Å²) < 4.78 is 0. The number of amides is 3. The quantitative estimate of drug-likeness (QED) is 0.653. The highest BCUT2D eigenvalue weighted by Gasteiger charge is 2.39. The highest BCUT2D eigenvalue weighted by Crippen LogP contribution is 2.30. The molecule has 4 rings (SSSR count). The van der Waals surface area contributed by atoms with E-state index in [4.69, 9.17) is 0 Å². The van der Waals surface area contributed by atoms with Crippen molar-refractivity contribution in [2.45, 2.75) is 44.1 Å². The molecular formula is C27H33N3O4. The van der Waals surface area contributed by atoms with Crippen LogP contribution in [0.25, 0.3) is 0 Å². The molecule has 2 aromatic carbocycles. The predicted molar refractivity (Wildman–Crippen MR) is 129 cm³/mol.